The Kier molecular flexibility index (Phi) is 3.31. The molecule has 0 spiro atoms. The monoisotopic (exact) mass is 261 g/mol. The molecule has 0 radical (unpaired) electrons. The van der Waals surface area contributed by atoms with E-state index in [2.05, 4.69) is 15.2 Å². The minimum atomic E-state index is -0.335. The Morgan fingerprint density at radius 2 is 2.00 bits per heavy atom. The van der Waals surface area contributed by atoms with Crippen molar-refractivity contribution in [2.45, 2.75) is 6.54 Å². The average molecular weight is 261 g/mol. The maximum absolute atomic E-state index is 13.1. The molecule has 2 aromatic rings. The van der Waals surface area contributed by atoms with Crippen molar-refractivity contribution in [3.8, 4) is 0 Å². The number of nitrogens with one attached hydrogen (secondary N) is 2. The largest absolute Gasteiger partial charge is 0.322 e. The minimum Gasteiger partial charge on any atom is -0.322 e. The van der Waals surface area contributed by atoms with Gasteiger partial charge < -0.3 is 10.3 Å². The zero-order valence-corrected chi connectivity index (χ0v) is 10.6. The minimum absolute atomic E-state index is 0.128. The first kappa shape index (κ1) is 12.3. The van der Waals surface area contributed by atoms with Gasteiger partial charge in [0.25, 0.3) is 5.56 Å². The van der Waals surface area contributed by atoms with Crippen LogP contribution in [-0.4, -0.2) is 36.1 Å². The van der Waals surface area contributed by atoms with Crippen LogP contribution in [0.25, 0.3) is 10.9 Å². The van der Waals surface area contributed by atoms with Gasteiger partial charge in [-0.1, -0.05) is 0 Å². The molecule has 1 fully saturated rings. The smallest absolute Gasteiger partial charge is 0.252 e. The summed E-state index contributed by atoms with van der Waals surface area (Å²) in [6, 6.07) is 6.32. The average Bonchev–Trinajstić information content (AvgIpc) is 2.41. The number of aromatic amines is 1. The number of halogens is 1. The van der Waals surface area contributed by atoms with Gasteiger partial charge >= 0.3 is 0 Å². The molecule has 100 valence electrons. The summed E-state index contributed by atoms with van der Waals surface area (Å²) in [4.78, 5) is 17.0. The molecule has 3 rings (SSSR count). The van der Waals surface area contributed by atoms with Gasteiger partial charge in [0.2, 0.25) is 0 Å². The second-order valence-corrected chi connectivity index (χ2v) is 4.88. The number of benzene rings is 1. The van der Waals surface area contributed by atoms with Gasteiger partial charge in [0.1, 0.15) is 5.82 Å². The van der Waals surface area contributed by atoms with Crippen molar-refractivity contribution in [1.29, 1.82) is 0 Å². The molecule has 0 aliphatic carbocycles. The van der Waals surface area contributed by atoms with Crippen LogP contribution in [0.1, 0.15) is 5.56 Å². The van der Waals surface area contributed by atoms with Crippen molar-refractivity contribution in [3.05, 3.63) is 46.0 Å². The van der Waals surface area contributed by atoms with Crippen LogP contribution in [0.2, 0.25) is 0 Å². The van der Waals surface area contributed by atoms with Gasteiger partial charge in [-0.05, 0) is 29.7 Å². The number of pyridine rings is 1. The first-order chi connectivity index (χ1) is 9.22. The lowest BCUT2D eigenvalue weighted by Crippen LogP contribution is -2.43. The third-order valence-electron chi connectivity index (χ3n) is 3.49. The third kappa shape index (κ3) is 2.67. The van der Waals surface area contributed by atoms with E-state index in [1.807, 2.05) is 6.07 Å². The quantitative estimate of drug-likeness (QED) is 0.850. The zero-order chi connectivity index (χ0) is 13.2. The molecule has 1 saturated heterocycles. The van der Waals surface area contributed by atoms with Crippen molar-refractivity contribution in [1.82, 2.24) is 15.2 Å². The van der Waals surface area contributed by atoms with Crippen LogP contribution in [0, 0.1) is 5.82 Å². The molecule has 0 saturated carbocycles. The molecule has 1 aromatic carbocycles. The molecule has 0 amide bonds. The van der Waals surface area contributed by atoms with E-state index in [-0.39, 0.29) is 11.4 Å². The molecule has 2 N–H and O–H groups in total. The summed E-state index contributed by atoms with van der Waals surface area (Å²) in [5.74, 6) is -0.335. The second kappa shape index (κ2) is 5.11. The fourth-order valence-corrected chi connectivity index (χ4v) is 2.45. The maximum atomic E-state index is 13.1. The van der Waals surface area contributed by atoms with Gasteiger partial charge in [-0.2, -0.15) is 0 Å². The molecular weight excluding hydrogens is 245 g/mol. The second-order valence-electron chi connectivity index (χ2n) is 4.88. The molecular formula is C14H16FN3O. The molecule has 1 aromatic heterocycles. The van der Waals surface area contributed by atoms with Crippen LogP contribution < -0.4 is 10.9 Å². The highest BCUT2D eigenvalue weighted by Gasteiger charge is 2.12. The number of H-pyrrole nitrogens is 1. The number of fused-ring (bicyclic) bond motifs is 1. The van der Waals surface area contributed by atoms with Crippen LogP contribution in [0.15, 0.2) is 29.1 Å². The Hall–Kier alpha value is -1.72. The van der Waals surface area contributed by atoms with E-state index in [0.29, 0.717) is 12.1 Å². The van der Waals surface area contributed by atoms with Gasteiger partial charge in [0.15, 0.2) is 0 Å². The van der Waals surface area contributed by atoms with Crippen LogP contribution in [0.4, 0.5) is 4.39 Å². The van der Waals surface area contributed by atoms with Crippen molar-refractivity contribution < 1.29 is 4.39 Å². The summed E-state index contributed by atoms with van der Waals surface area (Å²) >= 11 is 0. The Morgan fingerprint density at radius 3 is 2.79 bits per heavy atom. The summed E-state index contributed by atoms with van der Waals surface area (Å²) in [5, 5.41) is 4.15. The molecule has 19 heavy (non-hydrogen) atoms. The summed E-state index contributed by atoms with van der Waals surface area (Å²) in [6.45, 7) is 4.44. The summed E-state index contributed by atoms with van der Waals surface area (Å²) in [6.07, 6.45) is 0. The first-order valence-electron chi connectivity index (χ1n) is 6.47. The maximum Gasteiger partial charge on any atom is 0.252 e. The van der Waals surface area contributed by atoms with Gasteiger partial charge in [-0.3, -0.25) is 9.69 Å². The SMILES string of the molecule is O=c1[nH]c2cc(F)ccc2cc1CN1CCNCC1. The summed E-state index contributed by atoms with van der Waals surface area (Å²) in [5.41, 5.74) is 1.16. The number of hydrogen-bond donors (Lipinski definition) is 2. The van der Waals surface area contributed by atoms with Crippen LogP contribution in [0.3, 0.4) is 0 Å². The number of piperazine rings is 1. The lowest BCUT2D eigenvalue weighted by atomic mass is 10.1. The van der Waals surface area contributed by atoms with Crippen LogP contribution in [-0.2, 0) is 6.54 Å². The van der Waals surface area contributed by atoms with E-state index in [4.69, 9.17) is 0 Å². The first-order valence-corrected chi connectivity index (χ1v) is 6.47. The fourth-order valence-electron chi connectivity index (χ4n) is 2.45. The van der Waals surface area contributed by atoms with E-state index >= 15 is 0 Å². The Labute approximate surface area is 110 Å². The van der Waals surface area contributed by atoms with Crippen molar-refractivity contribution >= 4 is 10.9 Å². The highest BCUT2D eigenvalue weighted by Crippen LogP contribution is 2.13. The van der Waals surface area contributed by atoms with Gasteiger partial charge in [-0.25, -0.2) is 4.39 Å². The van der Waals surface area contributed by atoms with Crippen LogP contribution >= 0.6 is 0 Å². The molecule has 1 aliphatic rings. The molecule has 4 nitrogen and oxygen atoms in total. The van der Waals surface area contributed by atoms with E-state index in [9.17, 15) is 9.18 Å². The lowest BCUT2D eigenvalue weighted by molar-refractivity contribution is 0.232. The number of aromatic nitrogens is 1. The standard InChI is InChI=1S/C14H16FN3O/c15-12-2-1-10-7-11(14(19)17-13(10)8-12)9-18-5-3-16-4-6-18/h1-2,7-8,16H,3-6,9H2,(H,17,19). The van der Waals surface area contributed by atoms with Crippen LogP contribution in [0.5, 0.6) is 0 Å². The number of nitrogens with zero attached hydrogens (tertiary/aromatic N) is 1. The highest BCUT2D eigenvalue weighted by atomic mass is 19.1. The molecule has 2 heterocycles. The summed E-state index contributed by atoms with van der Waals surface area (Å²) < 4.78 is 13.1. The van der Waals surface area contributed by atoms with E-state index in [1.54, 1.807) is 6.07 Å². The Balaban J connectivity index is 1.92. The third-order valence-corrected chi connectivity index (χ3v) is 3.49. The molecule has 0 unspecified atom stereocenters. The van der Waals surface area contributed by atoms with E-state index in [1.165, 1.54) is 12.1 Å². The Bertz CT molecular complexity index is 647. The van der Waals surface area contributed by atoms with Gasteiger partial charge in [-0.15, -0.1) is 0 Å². The predicted molar refractivity (Wildman–Crippen MR) is 72.7 cm³/mol. The van der Waals surface area contributed by atoms with Crippen molar-refractivity contribution in [2.75, 3.05) is 26.2 Å². The molecule has 0 atom stereocenters. The van der Waals surface area contributed by atoms with E-state index < -0.39 is 0 Å². The van der Waals surface area contributed by atoms with Gasteiger partial charge in [0.05, 0.1) is 5.52 Å². The van der Waals surface area contributed by atoms with Crippen molar-refractivity contribution in [3.63, 3.8) is 0 Å². The number of rotatable bonds is 2. The normalized spacial score (nSPS) is 16.9. The van der Waals surface area contributed by atoms with Crippen molar-refractivity contribution in [2.24, 2.45) is 0 Å². The fraction of sp³-hybridized carbons (Fsp3) is 0.357. The molecule has 1 aliphatic heterocycles. The van der Waals surface area contributed by atoms with E-state index in [0.717, 1.165) is 37.1 Å². The lowest BCUT2D eigenvalue weighted by Gasteiger charge is -2.26. The predicted octanol–water partition coefficient (Wildman–Crippen LogP) is 1.07. The summed E-state index contributed by atoms with van der Waals surface area (Å²) in [7, 11) is 0. The Morgan fingerprint density at radius 1 is 1.21 bits per heavy atom. The van der Waals surface area contributed by atoms with Gasteiger partial charge in [0, 0.05) is 38.3 Å². The topological polar surface area (TPSA) is 48.1 Å². The highest BCUT2D eigenvalue weighted by molar-refractivity contribution is 5.78. The zero-order valence-electron chi connectivity index (χ0n) is 10.6. The molecule has 0 bridgehead atoms. The number of hydrogen-bond acceptors (Lipinski definition) is 3. The molecule has 5 heteroatoms.